The molecule has 1 saturated heterocycles. The maximum absolute atomic E-state index is 13.1. The molecule has 0 aliphatic carbocycles. The lowest BCUT2D eigenvalue weighted by molar-refractivity contribution is 0.0743. The van der Waals surface area contributed by atoms with E-state index in [9.17, 15) is 4.79 Å². The van der Waals surface area contributed by atoms with Gasteiger partial charge in [0, 0.05) is 42.7 Å². The van der Waals surface area contributed by atoms with Crippen LogP contribution in [0, 0.1) is 0 Å². The van der Waals surface area contributed by atoms with Crippen LogP contribution in [0.2, 0.25) is 0 Å². The van der Waals surface area contributed by atoms with Crippen molar-refractivity contribution in [3.63, 3.8) is 0 Å². The zero-order valence-electron chi connectivity index (χ0n) is 17.8. The first-order valence-corrected chi connectivity index (χ1v) is 11.4. The van der Waals surface area contributed by atoms with Gasteiger partial charge in [-0.3, -0.25) is 4.79 Å². The maximum atomic E-state index is 13.1. The van der Waals surface area contributed by atoms with E-state index in [4.69, 9.17) is 4.74 Å². The van der Waals surface area contributed by atoms with Crippen LogP contribution in [0.3, 0.4) is 0 Å². The van der Waals surface area contributed by atoms with Crippen LogP contribution in [0.5, 0.6) is 5.75 Å². The van der Waals surface area contributed by atoms with Crippen molar-refractivity contribution in [3.8, 4) is 17.0 Å². The molecule has 4 rings (SSSR count). The minimum atomic E-state index is 0.109. The first-order chi connectivity index (χ1) is 15.2. The van der Waals surface area contributed by atoms with Crippen molar-refractivity contribution >= 4 is 23.5 Å². The molecule has 1 amide bonds. The molecule has 1 aliphatic rings. The summed E-state index contributed by atoms with van der Waals surface area (Å²) in [6.45, 7) is 4.94. The van der Waals surface area contributed by atoms with Gasteiger partial charge in [-0.25, -0.2) is 9.97 Å². The number of anilines is 1. The Balaban J connectivity index is 1.44. The number of carbonyl (C=O) groups excluding carboxylic acids is 1. The molecule has 3 aromatic rings. The molecule has 2 aromatic carbocycles. The molecule has 1 fully saturated rings. The van der Waals surface area contributed by atoms with E-state index in [2.05, 4.69) is 21.8 Å². The molecule has 0 spiro atoms. The first kappa shape index (κ1) is 21.2. The predicted molar refractivity (Wildman–Crippen MR) is 125 cm³/mol. The second-order valence-corrected chi connectivity index (χ2v) is 8.50. The molecule has 7 heteroatoms. The minimum Gasteiger partial charge on any atom is -0.497 e. The highest BCUT2D eigenvalue weighted by atomic mass is 32.2. The number of thioether (sulfide) groups is 1. The van der Waals surface area contributed by atoms with Crippen LogP contribution in [0.25, 0.3) is 11.3 Å². The molecule has 31 heavy (non-hydrogen) atoms. The van der Waals surface area contributed by atoms with Crippen molar-refractivity contribution < 1.29 is 9.53 Å². The molecule has 0 atom stereocenters. The van der Waals surface area contributed by atoms with Gasteiger partial charge in [-0.2, -0.15) is 0 Å². The van der Waals surface area contributed by atoms with Crippen LogP contribution >= 0.6 is 11.8 Å². The van der Waals surface area contributed by atoms with Crippen LogP contribution in [-0.4, -0.2) is 59.8 Å². The van der Waals surface area contributed by atoms with E-state index in [1.807, 2.05) is 59.5 Å². The number of piperazine rings is 1. The lowest BCUT2D eigenvalue weighted by Crippen LogP contribution is -2.49. The predicted octanol–water partition coefficient (Wildman–Crippen LogP) is 4.23. The summed E-state index contributed by atoms with van der Waals surface area (Å²) in [4.78, 5) is 27.2. The van der Waals surface area contributed by atoms with Gasteiger partial charge >= 0.3 is 0 Å². The molecule has 0 N–H and O–H groups in total. The van der Waals surface area contributed by atoms with Gasteiger partial charge in [0.05, 0.1) is 18.4 Å². The molecule has 6 nitrogen and oxygen atoms in total. The van der Waals surface area contributed by atoms with Crippen LogP contribution in [-0.2, 0) is 0 Å². The standard InChI is InChI=1S/C24H26N4O2S/c1-3-31-22-7-5-4-6-20(22)24(29)28-14-12-27(13-15-28)23-16-21(25-17-26-23)18-8-10-19(30-2)11-9-18/h4-11,16-17H,3,12-15H2,1-2H3. The average molecular weight is 435 g/mol. The highest BCUT2D eigenvalue weighted by Gasteiger charge is 2.24. The van der Waals surface area contributed by atoms with E-state index in [0.717, 1.165) is 52.1 Å². The fourth-order valence-electron chi connectivity index (χ4n) is 3.67. The average Bonchev–Trinajstić information content (AvgIpc) is 2.84. The lowest BCUT2D eigenvalue weighted by atomic mass is 10.1. The van der Waals surface area contributed by atoms with Crippen molar-refractivity contribution in [1.29, 1.82) is 0 Å². The Kier molecular flexibility index (Phi) is 6.72. The van der Waals surface area contributed by atoms with Crippen LogP contribution < -0.4 is 9.64 Å². The van der Waals surface area contributed by atoms with Crippen molar-refractivity contribution in [2.75, 3.05) is 43.9 Å². The molecule has 1 aromatic heterocycles. The summed E-state index contributed by atoms with van der Waals surface area (Å²) in [5, 5.41) is 0. The van der Waals surface area contributed by atoms with Gasteiger partial charge in [-0.05, 0) is 42.2 Å². The van der Waals surface area contributed by atoms with Gasteiger partial charge in [-0.1, -0.05) is 19.1 Å². The number of carbonyl (C=O) groups is 1. The van der Waals surface area contributed by atoms with Crippen molar-refractivity contribution in [2.24, 2.45) is 0 Å². The summed E-state index contributed by atoms with van der Waals surface area (Å²) in [6, 6.07) is 17.7. The Labute approximate surface area is 187 Å². The lowest BCUT2D eigenvalue weighted by Gasteiger charge is -2.35. The zero-order valence-corrected chi connectivity index (χ0v) is 18.6. The van der Waals surface area contributed by atoms with E-state index in [1.54, 1.807) is 25.2 Å². The Morgan fingerprint density at radius 3 is 2.48 bits per heavy atom. The Morgan fingerprint density at radius 2 is 1.77 bits per heavy atom. The number of hydrogen-bond donors (Lipinski definition) is 0. The smallest absolute Gasteiger partial charge is 0.255 e. The summed E-state index contributed by atoms with van der Waals surface area (Å²) >= 11 is 1.71. The van der Waals surface area contributed by atoms with Gasteiger partial charge in [0.2, 0.25) is 0 Å². The van der Waals surface area contributed by atoms with Crippen molar-refractivity contribution in [3.05, 3.63) is 66.5 Å². The highest BCUT2D eigenvalue weighted by Crippen LogP contribution is 2.26. The largest absolute Gasteiger partial charge is 0.497 e. The topological polar surface area (TPSA) is 58.6 Å². The Bertz CT molecular complexity index is 1030. The summed E-state index contributed by atoms with van der Waals surface area (Å²) in [7, 11) is 1.66. The Hall–Kier alpha value is -3.06. The molecule has 0 radical (unpaired) electrons. The molecular formula is C24H26N4O2S. The number of methoxy groups -OCH3 is 1. The van der Waals surface area contributed by atoms with Gasteiger partial charge < -0.3 is 14.5 Å². The molecule has 2 heterocycles. The number of rotatable bonds is 6. The second kappa shape index (κ2) is 9.83. The van der Waals surface area contributed by atoms with Crippen molar-refractivity contribution in [1.82, 2.24) is 14.9 Å². The van der Waals surface area contributed by atoms with Gasteiger partial charge in [-0.15, -0.1) is 11.8 Å². The van der Waals surface area contributed by atoms with E-state index in [1.165, 1.54) is 0 Å². The third-order valence-electron chi connectivity index (χ3n) is 5.35. The number of ether oxygens (including phenoxy) is 1. The zero-order chi connectivity index (χ0) is 21.6. The summed E-state index contributed by atoms with van der Waals surface area (Å²) < 4.78 is 5.23. The van der Waals surface area contributed by atoms with E-state index < -0.39 is 0 Å². The van der Waals surface area contributed by atoms with Gasteiger partial charge in [0.25, 0.3) is 5.91 Å². The molecule has 160 valence electrons. The van der Waals surface area contributed by atoms with Crippen LogP contribution in [0.1, 0.15) is 17.3 Å². The van der Waals surface area contributed by atoms with Gasteiger partial charge in [0.15, 0.2) is 0 Å². The molecule has 0 saturated carbocycles. The molecular weight excluding hydrogens is 408 g/mol. The van der Waals surface area contributed by atoms with Crippen LogP contribution in [0.4, 0.5) is 5.82 Å². The third-order valence-corrected chi connectivity index (χ3v) is 6.30. The fraction of sp³-hybridized carbons (Fsp3) is 0.292. The first-order valence-electron chi connectivity index (χ1n) is 10.4. The quantitative estimate of drug-likeness (QED) is 0.541. The number of aromatic nitrogens is 2. The monoisotopic (exact) mass is 434 g/mol. The molecule has 1 aliphatic heterocycles. The molecule has 0 bridgehead atoms. The van der Waals surface area contributed by atoms with E-state index >= 15 is 0 Å². The number of benzene rings is 2. The third kappa shape index (κ3) is 4.82. The van der Waals surface area contributed by atoms with Gasteiger partial charge in [0.1, 0.15) is 17.9 Å². The summed E-state index contributed by atoms with van der Waals surface area (Å²) in [5.74, 6) is 2.76. The Morgan fingerprint density at radius 1 is 1.03 bits per heavy atom. The number of nitrogens with zero attached hydrogens (tertiary/aromatic N) is 4. The minimum absolute atomic E-state index is 0.109. The van der Waals surface area contributed by atoms with E-state index in [-0.39, 0.29) is 5.91 Å². The normalized spacial score (nSPS) is 13.9. The number of amides is 1. The summed E-state index contributed by atoms with van der Waals surface area (Å²) in [6.07, 6.45) is 1.60. The SMILES string of the molecule is CCSc1ccccc1C(=O)N1CCN(c2cc(-c3ccc(OC)cc3)ncn2)CC1. The van der Waals surface area contributed by atoms with E-state index in [0.29, 0.717) is 13.1 Å². The molecule has 0 unspecified atom stereocenters. The number of hydrogen-bond acceptors (Lipinski definition) is 6. The van der Waals surface area contributed by atoms with Crippen LogP contribution in [0.15, 0.2) is 65.8 Å². The fourth-order valence-corrected chi connectivity index (χ4v) is 4.47. The van der Waals surface area contributed by atoms with Crippen molar-refractivity contribution in [2.45, 2.75) is 11.8 Å². The summed E-state index contributed by atoms with van der Waals surface area (Å²) in [5.41, 5.74) is 2.69. The highest BCUT2D eigenvalue weighted by molar-refractivity contribution is 7.99. The second-order valence-electron chi connectivity index (χ2n) is 7.20. The maximum Gasteiger partial charge on any atom is 0.255 e.